The molecule has 0 radical (unpaired) electrons. The number of thiazole rings is 1. The summed E-state index contributed by atoms with van der Waals surface area (Å²) in [5, 5.41) is 20.1. The highest BCUT2D eigenvalue weighted by Crippen LogP contribution is 2.32. The molecule has 2 aromatic heterocycles. The maximum atomic E-state index is 12.7. The molecule has 4 aromatic rings. The van der Waals surface area contributed by atoms with Crippen molar-refractivity contribution in [3.8, 4) is 16.3 Å². The van der Waals surface area contributed by atoms with Gasteiger partial charge >= 0.3 is 6.18 Å². The number of halogens is 3. The number of carbonyl (C=O) groups is 1. The van der Waals surface area contributed by atoms with Gasteiger partial charge in [0.15, 0.2) is 0 Å². The summed E-state index contributed by atoms with van der Waals surface area (Å²) in [5.41, 5.74) is 1.35. The van der Waals surface area contributed by atoms with Crippen molar-refractivity contribution in [1.82, 2.24) is 14.8 Å². The van der Waals surface area contributed by atoms with Gasteiger partial charge in [-0.05, 0) is 31.2 Å². The van der Waals surface area contributed by atoms with Crippen LogP contribution in [0.4, 0.5) is 24.7 Å². The number of amides is 1. The highest BCUT2D eigenvalue weighted by Gasteiger charge is 2.30. The van der Waals surface area contributed by atoms with Crippen molar-refractivity contribution in [2.75, 3.05) is 5.32 Å². The van der Waals surface area contributed by atoms with E-state index in [2.05, 4.69) is 15.4 Å². The summed E-state index contributed by atoms with van der Waals surface area (Å²) in [6, 6.07) is 12.1. The Hall–Kier alpha value is -4.06. The second-order valence-electron chi connectivity index (χ2n) is 7.30. The van der Waals surface area contributed by atoms with E-state index in [-0.39, 0.29) is 18.0 Å². The van der Waals surface area contributed by atoms with Crippen molar-refractivity contribution >= 4 is 28.7 Å². The number of non-ortho nitro benzene ring substituents is 1. The first-order chi connectivity index (χ1) is 16.1. The van der Waals surface area contributed by atoms with Crippen LogP contribution in [0.2, 0.25) is 0 Å². The molecule has 0 aliphatic rings. The number of aromatic nitrogens is 3. The molecule has 0 aliphatic carbocycles. The third kappa shape index (κ3) is 5.12. The van der Waals surface area contributed by atoms with Crippen LogP contribution in [0.15, 0.2) is 60.0 Å². The average Bonchev–Trinajstić information content (AvgIpc) is 3.39. The Morgan fingerprint density at radius 1 is 1.15 bits per heavy atom. The van der Waals surface area contributed by atoms with E-state index >= 15 is 0 Å². The van der Waals surface area contributed by atoms with Gasteiger partial charge in [-0.25, -0.2) is 9.67 Å². The molecule has 0 aliphatic heterocycles. The van der Waals surface area contributed by atoms with E-state index < -0.39 is 16.7 Å². The minimum absolute atomic E-state index is 0.0539. The second-order valence-corrected chi connectivity index (χ2v) is 8.16. The Morgan fingerprint density at radius 3 is 2.44 bits per heavy atom. The molecule has 1 N–H and O–H groups in total. The van der Waals surface area contributed by atoms with Crippen LogP contribution in [0.5, 0.6) is 0 Å². The van der Waals surface area contributed by atoms with Gasteiger partial charge in [-0.1, -0.05) is 12.1 Å². The van der Waals surface area contributed by atoms with Crippen molar-refractivity contribution in [1.29, 1.82) is 0 Å². The maximum Gasteiger partial charge on any atom is 0.416 e. The number of nitrogens with one attached hydrogen (secondary N) is 1. The van der Waals surface area contributed by atoms with E-state index in [1.807, 2.05) is 0 Å². The monoisotopic (exact) mass is 487 g/mol. The quantitative estimate of drug-likeness (QED) is 0.289. The molecular formula is C22H16F3N5O3S. The number of nitro benzene ring substituents is 1. The van der Waals surface area contributed by atoms with Gasteiger partial charge in [0, 0.05) is 29.1 Å². The molecule has 12 heteroatoms. The minimum Gasteiger partial charge on any atom is -0.310 e. The number of hydrogen-bond acceptors (Lipinski definition) is 6. The van der Waals surface area contributed by atoms with Crippen LogP contribution in [0.25, 0.3) is 16.3 Å². The Kier molecular flexibility index (Phi) is 6.16. The van der Waals surface area contributed by atoms with Crippen LogP contribution in [-0.4, -0.2) is 25.6 Å². The second kappa shape index (κ2) is 9.06. The molecule has 0 bridgehead atoms. The fourth-order valence-electron chi connectivity index (χ4n) is 3.17. The molecule has 1 amide bonds. The first kappa shape index (κ1) is 23.1. The van der Waals surface area contributed by atoms with Crippen molar-refractivity contribution in [3.05, 3.63) is 87.0 Å². The molecule has 34 heavy (non-hydrogen) atoms. The summed E-state index contributed by atoms with van der Waals surface area (Å²) in [6.45, 7) is 1.74. The summed E-state index contributed by atoms with van der Waals surface area (Å²) >= 11 is 1.23. The molecule has 2 aromatic carbocycles. The molecule has 8 nitrogen and oxygen atoms in total. The number of nitro groups is 1. The van der Waals surface area contributed by atoms with Gasteiger partial charge < -0.3 is 5.32 Å². The number of anilines is 1. The van der Waals surface area contributed by atoms with E-state index in [9.17, 15) is 28.1 Å². The minimum atomic E-state index is -4.41. The summed E-state index contributed by atoms with van der Waals surface area (Å²) in [4.78, 5) is 27.3. The van der Waals surface area contributed by atoms with Gasteiger partial charge in [0.25, 0.3) is 5.69 Å². The van der Waals surface area contributed by atoms with E-state index in [1.165, 1.54) is 52.4 Å². The van der Waals surface area contributed by atoms with Crippen LogP contribution in [-0.2, 0) is 17.4 Å². The number of benzene rings is 2. The van der Waals surface area contributed by atoms with E-state index in [4.69, 9.17) is 0 Å². The molecule has 0 saturated heterocycles. The lowest BCUT2D eigenvalue weighted by Crippen LogP contribution is -2.17. The number of nitrogens with zero attached hydrogens (tertiary/aromatic N) is 4. The highest BCUT2D eigenvalue weighted by molar-refractivity contribution is 7.13. The average molecular weight is 487 g/mol. The standard InChI is InChI=1S/C22H16F3N5O3S/c1-13-10-19(29(28-13)17-6-8-18(9-7-17)30(32)33)27-20(31)11-16-12-34-21(26-16)14-2-4-15(5-3-14)22(23,24)25/h2-10,12H,11H2,1H3,(H,27,31). The lowest BCUT2D eigenvalue weighted by molar-refractivity contribution is -0.384. The van der Waals surface area contributed by atoms with E-state index in [0.717, 1.165) is 12.1 Å². The number of carbonyl (C=O) groups excluding carboxylic acids is 1. The first-order valence-corrected chi connectivity index (χ1v) is 10.7. The fourth-order valence-corrected chi connectivity index (χ4v) is 4.00. The van der Waals surface area contributed by atoms with Crippen LogP contribution >= 0.6 is 11.3 Å². The van der Waals surface area contributed by atoms with Crippen molar-refractivity contribution in [3.63, 3.8) is 0 Å². The van der Waals surface area contributed by atoms with Gasteiger partial charge in [-0.3, -0.25) is 14.9 Å². The molecule has 174 valence electrons. The molecule has 0 saturated carbocycles. The topological polar surface area (TPSA) is 103 Å². The normalized spacial score (nSPS) is 11.4. The molecule has 0 atom stereocenters. The Balaban J connectivity index is 1.46. The summed E-state index contributed by atoms with van der Waals surface area (Å²) in [5.74, 6) is 0.0156. The highest BCUT2D eigenvalue weighted by atomic mass is 32.1. The third-order valence-corrected chi connectivity index (χ3v) is 5.70. The number of hydrogen-bond donors (Lipinski definition) is 1. The third-order valence-electron chi connectivity index (χ3n) is 4.76. The summed E-state index contributed by atoms with van der Waals surface area (Å²) in [7, 11) is 0. The molecule has 0 fully saturated rings. The van der Waals surface area contributed by atoms with Crippen LogP contribution in [0.3, 0.4) is 0 Å². The molecule has 0 spiro atoms. The van der Waals surface area contributed by atoms with Crippen LogP contribution in [0.1, 0.15) is 17.0 Å². The van der Waals surface area contributed by atoms with Gasteiger partial charge in [0.05, 0.1) is 34.0 Å². The van der Waals surface area contributed by atoms with E-state index in [0.29, 0.717) is 33.5 Å². The zero-order chi connectivity index (χ0) is 24.5. The molecule has 4 rings (SSSR count). The fraction of sp³-hybridized carbons (Fsp3) is 0.136. The maximum absolute atomic E-state index is 12.7. The Labute approximate surface area is 194 Å². The lowest BCUT2D eigenvalue weighted by Gasteiger charge is -2.08. The zero-order valence-electron chi connectivity index (χ0n) is 17.5. The van der Waals surface area contributed by atoms with Crippen molar-refractivity contribution in [2.45, 2.75) is 19.5 Å². The molecular weight excluding hydrogens is 471 g/mol. The SMILES string of the molecule is Cc1cc(NC(=O)Cc2csc(-c3ccc(C(F)(F)F)cc3)n2)n(-c2ccc([N+](=O)[O-])cc2)n1. The smallest absolute Gasteiger partial charge is 0.310 e. The van der Waals surface area contributed by atoms with Crippen molar-refractivity contribution in [2.24, 2.45) is 0 Å². The number of aryl methyl sites for hydroxylation is 1. The predicted molar refractivity (Wildman–Crippen MR) is 120 cm³/mol. The lowest BCUT2D eigenvalue weighted by atomic mass is 10.1. The van der Waals surface area contributed by atoms with Crippen LogP contribution in [0, 0.1) is 17.0 Å². The zero-order valence-corrected chi connectivity index (χ0v) is 18.4. The largest absolute Gasteiger partial charge is 0.416 e. The van der Waals surface area contributed by atoms with E-state index in [1.54, 1.807) is 18.4 Å². The first-order valence-electron chi connectivity index (χ1n) is 9.83. The number of rotatable bonds is 6. The van der Waals surface area contributed by atoms with Crippen LogP contribution < -0.4 is 5.32 Å². The predicted octanol–water partition coefficient (Wildman–Crippen LogP) is 5.41. The Bertz CT molecular complexity index is 1350. The molecule has 2 heterocycles. The van der Waals surface area contributed by atoms with Gasteiger partial charge in [0.1, 0.15) is 10.8 Å². The Morgan fingerprint density at radius 2 is 1.82 bits per heavy atom. The van der Waals surface area contributed by atoms with Gasteiger partial charge in [0.2, 0.25) is 5.91 Å². The van der Waals surface area contributed by atoms with Crippen molar-refractivity contribution < 1.29 is 22.9 Å². The summed E-state index contributed by atoms with van der Waals surface area (Å²) < 4.78 is 39.7. The van der Waals surface area contributed by atoms with Gasteiger partial charge in [-0.15, -0.1) is 11.3 Å². The van der Waals surface area contributed by atoms with Gasteiger partial charge in [-0.2, -0.15) is 18.3 Å². The molecule has 0 unspecified atom stereocenters. The summed E-state index contributed by atoms with van der Waals surface area (Å²) in [6.07, 6.45) is -4.47. The number of alkyl halides is 3.